The molecule has 2 heterocycles. The molecule has 0 unspecified atom stereocenters. The van der Waals surface area contributed by atoms with E-state index in [0.717, 1.165) is 5.56 Å². The van der Waals surface area contributed by atoms with E-state index in [0.29, 0.717) is 12.4 Å². The second-order valence-corrected chi connectivity index (χ2v) is 3.78. The SMILES string of the molecule is CNc1ccc([N+](=O)[O-])c(NCc2ccncc2)n1. The van der Waals surface area contributed by atoms with Gasteiger partial charge >= 0.3 is 5.69 Å². The van der Waals surface area contributed by atoms with Crippen LogP contribution in [0.15, 0.2) is 36.7 Å². The van der Waals surface area contributed by atoms with Crippen LogP contribution in [0, 0.1) is 10.1 Å². The average molecular weight is 259 g/mol. The van der Waals surface area contributed by atoms with Crippen molar-refractivity contribution in [2.45, 2.75) is 6.54 Å². The fraction of sp³-hybridized carbons (Fsp3) is 0.167. The minimum absolute atomic E-state index is 0.0481. The molecule has 0 saturated heterocycles. The van der Waals surface area contributed by atoms with E-state index in [1.165, 1.54) is 6.07 Å². The van der Waals surface area contributed by atoms with Crippen LogP contribution >= 0.6 is 0 Å². The summed E-state index contributed by atoms with van der Waals surface area (Å²) in [4.78, 5) is 18.5. The summed E-state index contributed by atoms with van der Waals surface area (Å²) >= 11 is 0. The van der Waals surface area contributed by atoms with Gasteiger partial charge in [-0.2, -0.15) is 0 Å². The lowest BCUT2D eigenvalue weighted by Gasteiger charge is -2.08. The lowest BCUT2D eigenvalue weighted by atomic mass is 10.2. The number of nitrogens with zero attached hydrogens (tertiary/aromatic N) is 3. The molecule has 0 saturated carbocycles. The summed E-state index contributed by atoms with van der Waals surface area (Å²) < 4.78 is 0. The van der Waals surface area contributed by atoms with Crippen molar-refractivity contribution in [1.29, 1.82) is 0 Å². The summed E-state index contributed by atoms with van der Waals surface area (Å²) in [6.45, 7) is 0.448. The second-order valence-electron chi connectivity index (χ2n) is 3.78. The lowest BCUT2D eigenvalue weighted by molar-refractivity contribution is -0.384. The molecule has 2 N–H and O–H groups in total. The van der Waals surface area contributed by atoms with Gasteiger partial charge in [-0.15, -0.1) is 0 Å². The largest absolute Gasteiger partial charge is 0.373 e. The summed E-state index contributed by atoms with van der Waals surface area (Å²) in [6, 6.07) is 6.66. The quantitative estimate of drug-likeness (QED) is 0.630. The first-order valence-electron chi connectivity index (χ1n) is 5.66. The highest BCUT2D eigenvalue weighted by Gasteiger charge is 2.15. The van der Waals surface area contributed by atoms with Gasteiger partial charge in [-0.05, 0) is 23.8 Å². The van der Waals surface area contributed by atoms with Gasteiger partial charge in [0.15, 0.2) is 0 Å². The van der Waals surface area contributed by atoms with Crippen LogP contribution in [-0.2, 0) is 6.54 Å². The summed E-state index contributed by atoms with van der Waals surface area (Å²) in [5.41, 5.74) is 0.925. The van der Waals surface area contributed by atoms with Crippen molar-refractivity contribution in [3.05, 3.63) is 52.3 Å². The number of nitro groups is 1. The highest BCUT2D eigenvalue weighted by atomic mass is 16.6. The minimum Gasteiger partial charge on any atom is -0.373 e. The van der Waals surface area contributed by atoms with Crippen molar-refractivity contribution in [1.82, 2.24) is 9.97 Å². The van der Waals surface area contributed by atoms with Crippen molar-refractivity contribution >= 4 is 17.3 Å². The van der Waals surface area contributed by atoms with Gasteiger partial charge in [-0.25, -0.2) is 4.98 Å². The Morgan fingerprint density at radius 3 is 2.63 bits per heavy atom. The third kappa shape index (κ3) is 3.15. The maximum Gasteiger partial charge on any atom is 0.311 e. The molecule has 0 bridgehead atoms. The first-order valence-corrected chi connectivity index (χ1v) is 5.66. The third-order valence-corrected chi connectivity index (χ3v) is 2.54. The fourth-order valence-corrected chi connectivity index (χ4v) is 1.55. The third-order valence-electron chi connectivity index (χ3n) is 2.54. The van der Waals surface area contributed by atoms with Crippen molar-refractivity contribution in [2.75, 3.05) is 17.7 Å². The number of nitrogens with one attached hydrogen (secondary N) is 2. The molecule has 2 aromatic heterocycles. The molecule has 0 aromatic carbocycles. The molecular weight excluding hydrogens is 246 g/mol. The van der Waals surface area contributed by atoms with Crippen molar-refractivity contribution < 1.29 is 4.92 Å². The number of anilines is 2. The topological polar surface area (TPSA) is 93.0 Å². The normalized spacial score (nSPS) is 9.95. The van der Waals surface area contributed by atoms with E-state index in [1.54, 1.807) is 25.5 Å². The van der Waals surface area contributed by atoms with Crippen LogP contribution in [0.1, 0.15) is 5.56 Å². The summed E-state index contributed by atoms with van der Waals surface area (Å²) in [5, 5.41) is 16.7. The number of hydrogen-bond donors (Lipinski definition) is 2. The molecule has 0 aliphatic rings. The monoisotopic (exact) mass is 259 g/mol. The maximum atomic E-state index is 10.9. The highest BCUT2D eigenvalue weighted by molar-refractivity contribution is 5.60. The van der Waals surface area contributed by atoms with Gasteiger partial charge < -0.3 is 10.6 Å². The zero-order valence-electron chi connectivity index (χ0n) is 10.3. The van der Waals surface area contributed by atoms with Crippen molar-refractivity contribution in [3.63, 3.8) is 0 Å². The van der Waals surface area contributed by atoms with Crippen LogP contribution in [0.3, 0.4) is 0 Å². The maximum absolute atomic E-state index is 10.9. The van der Waals surface area contributed by atoms with Gasteiger partial charge in [0.2, 0.25) is 5.82 Å². The van der Waals surface area contributed by atoms with Crippen molar-refractivity contribution in [2.24, 2.45) is 0 Å². The molecule has 98 valence electrons. The molecule has 0 aliphatic carbocycles. The summed E-state index contributed by atoms with van der Waals surface area (Å²) in [6.07, 6.45) is 3.34. The first kappa shape index (κ1) is 12.7. The Bertz CT molecular complexity index is 574. The summed E-state index contributed by atoms with van der Waals surface area (Å²) in [5.74, 6) is 0.816. The second kappa shape index (κ2) is 5.76. The van der Waals surface area contributed by atoms with Crippen LogP contribution in [0.5, 0.6) is 0 Å². The molecule has 0 spiro atoms. The highest BCUT2D eigenvalue weighted by Crippen LogP contribution is 2.24. The Kier molecular flexibility index (Phi) is 3.87. The predicted molar refractivity (Wildman–Crippen MR) is 72.0 cm³/mol. The molecule has 0 aliphatic heterocycles. The zero-order chi connectivity index (χ0) is 13.7. The van der Waals surface area contributed by atoms with E-state index in [-0.39, 0.29) is 11.5 Å². The molecule has 0 fully saturated rings. The zero-order valence-corrected chi connectivity index (χ0v) is 10.3. The lowest BCUT2D eigenvalue weighted by Crippen LogP contribution is -2.06. The van der Waals surface area contributed by atoms with Gasteiger partial charge in [-0.3, -0.25) is 15.1 Å². The minimum atomic E-state index is -0.457. The molecule has 0 atom stereocenters. The number of aromatic nitrogens is 2. The smallest absolute Gasteiger partial charge is 0.311 e. The van der Waals surface area contributed by atoms with Crippen LogP contribution in [0.25, 0.3) is 0 Å². The molecular formula is C12H13N5O2. The Morgan fingerprint density at radius 2 is 2.00 bits per heavy atom. The van der Waals surface area contributed by atoms with Crippen LogP contribution in [0.4, 0.5) is 17.3 Å². The van der Waals surface area contributed by atoms with Gasteiger partial charge in [0, 0.05) is 32.1 Å². The fourth-order valence-electron chi connectivity index (χ4n) is 1.55. The Hall–Kier alpha value is -2.70. The molecule has 7 nitrogen and oxygen atoms in total. The Morgan fingerprint density at radius 1 is 1.26 bits per heavy atom. The Labute approximate surface area is 109 Å². The molecule has 19 heavy (non-hydrogen) atoms. The van der Waals surface area contributed by atoms with E-state index in [9.17, 15) is 10.1 Å². The van der Waals surface area contributed by atoms with Crippen LogP contribution in [-0.4, -0.2) is 21.9 Å². The number of rotatable bonds is 5. The van der Waals surface area contributed by atoms with Gasteiger partial charge in [0.05, 0.1) is 4.92 Å². The Balaban J connectivity index is 2.20. The average Bonchev–Trinajstić information content (AvgIpc) is 2.45. The van der Waals surface area contributed by atoms with E-state index in [1.807, 2.05) is 12.1 Å². The van der Waals surface area contributed by atoms with Crippen LogP contribution < -0.4 is 10.6 Å². The van der Waals surface area contributed by atoms with Gasteiger partial charge in [0.25, 0.3) is 0 Å². The van der Waals surface area contributed by atoms with Gasteiger partial charge in [0.1, 0.15) is 5.82 Å². The van der Waals surface area contributed by atoms with E-state index >= 15 is 0 Å². The van der Waals surface area contributed by atoms with E-state index in [4.69, 9.17) is 0 Å². The molecule has 2 rings (SSSR count). The van der Waals surface area contributed by atoms with E-state index < -0.39 is 4.92 Å². The van der Waals surface area contributed by atoms with Gasteiger partial charge in [-0.1, -0.05) is 0 Å². The first-order chi connectivity index (χ1) is 9.20. The number of pyridine rings is 2. The van der Waals surface area contributed by atoms with Crippen molar-refractivity contribution in [3.8, 4) is 0 Å². The predicted octanol–water partition coefficient (Wildman–Crippen LogP) is 2.04. The molecule has 0 radical (unpaired) electrons. The molecule has 0 amide bonds. The van der Waals surface area contributed by atoms with Crippen LogP contribution in [0.2, 0.25) is 0 Å². The molecule has 7 heteroatoms. The molecule has 2 aromatic rings. The number of hydrogen-bond acceptors (Lipinski definition) is 6. The standard InChI is InChI=1S/C12H13N5O2/c1-13-11-3-2-10(17(18)19)12(16-11)15-8-9-4-6-14-7-5-9/h2-7H,8H2,1H3,(H2,13,15,16). The summed E-state index contributed by atoms with van der Waals surface area (Å²) in [7, 11) is 1.71. The van der Waals surface area contributed by atoms with E-state index in [2.05, 4.69) is 20.6 Å².